The lowest BCUT2D eigenvalue weighted by atomic mass is 10.1. The van der Waals surface area contributed by atoms with Crippen LogP contribution in [0.2, 0.25) is 0 Å². The number of hydrogen-bond donors (Lipinski definition) is 0. The van der Waals surface area contributed by atoms with E-state index in [-0.39, 0.29) is 19.6 Å². The average Bonchev–Trinajstić information content (AvgIpc) is 2.61. The summed E-state index contributed by atoms with van der Waals surface area (Å²) in [5, 5.41) is 0.813. The Morgan fingerprint density at radius 2 is 1.67 bits per heavy atom. The summed E-state index contributed by atoms with van der Waals surface area (Å²) in [4.78, 5) is 0. The first-order chi connectivity index (χ1) is 7.02. The molecule has 0 amide bonds. The Hall–Kier alpha value is 0.190. The fraction of sp³-hybridized carbons (Fsp3) is 1.00. The second-order valence-electron chi connectivity index (χ2n) is 3.45. The molecule has 0 radical (unpaired) electrons. The maximum absolute atomic E-state index is 12.7. The third-order valence-corrected chi connectivity index (χ3v) is 2.89. The Kier molecular flexibility index (Phi) is 4.86. The average molecular weight is 291 g/mol. The van der Waals surface area contributed by atoms with Crippen LogP contribution in [0.4, 0.5) is 13.2 Å². The Labute approximate surface area is 95.2 Å². The van der Waals surface area contributed by atoms with Gasteiger partial charge in [-0.1, -0.05) is 22.4 Å². The molecule has 1 saturated heterocycles. The van der Waals surface area contributed by atoms with E-state index >= 15 is 0 Å². The summed E-state index contributed by atoms with van der Waals surface area (Å²) in [5.41, 5.74) is 0. The van der Waals surface area contributed by atoms with E-state index in [9.17, 15) is 13.2 Å². The van der Waals surface area contributed by atoms with Gasteiger partial charge in [-0.05, 0) is 12.8 Å². The van der Waals surface area contributed by atoms with Gasteiger partial charge in [0.15, 0.2) is 0 Å². The zero-order chi connectivity index (χ0) is 11.4. The van der Waals surface area contributed by atoms with Crippen LogP contribution >= 0.6 is 15.9 Å². The van der Waals surface area contributed by atoms with Crippen LogP contribution < -0.4 is 0 Å². The molecule has 0 bridgehead atoms. The molecule has 0 spiro atoms. The lowest BCUT2D eigenvalue weighted by Gasteiger charge is -2.29. The molecule has 1 fully saturated rings. The third kappa shape index (κ3) is 3.32. The number of ether oxygens (including phenoxy) is 2. The van der Waals surface area contributed by atoms with E-state index in [1.165, 1.54) is 0 Å². The SMILES string of the molecule is FC(F)(F)C1(CCCCCBr)OCCO1. The lowest BCUT2D eigenvalue weighted by Crippen LogP contribution is -2.46. The fourth-order valence-corrected chi connectivity index (χ4v) is 1.93. The van der Waals surface area contributed by atoms with Gasteiger partial charge in [-0.2, -0.15) is 13.2 Å². The van der Waals surface area contributed by atoms with E-state index < -0.39 is 12.0 Å². The summed E-state index contributed by atoms with van der Waals surface area (Å²) in [7, 11) is 0. The van der Waals surface area contributed by atoms with Crippen LogP contribution in [-0.2, 0) is 9.47 Å². The number of alkyl halides is 4. The highest BCUT2D eigenvalue weighted by Gasteiger charge is 2.59. The van der Waals surface area contributed by atoms with Crippen LogP contribution in [0.5, 0.6) is 0 Å². The van der Waals surface area contributed by atoms with E-state index in [2.05, 4.69) is 15.9 Å². The Balaban J connectivity index is 2.44. The molecule has 0 aromatic carbocycles. The van der Waals surface area contributed by atoms with Gasteiger partial charge in [-0.3, -0.25) is 0 Å². The number of halogens is 4. The highest BCUT2D eigenvalue weighted by Crippen LogP contribution is 2.41. The summed E-state index contributed by atoms with van der Waals surface area (Å²) in [6.07, 6.45) is -2.46. The smallest absolute Gasteiger partial charge is 0.340 e. The Bertz CT molecular complexity index is 190. The molecule has 1 rings (SSSR count). The van der Waals surface area contributed by atoms with Crippen LogP contribution in [0, 0.1) is 0 Å². The topological polar surface area (TPSA) is 18.5 Å². The molecule has 0 N–H and O–H groups in total. The molecule has 90 valence electrons. The Morgan fingerprint density at radius 1 is 1.07 bits per heavy atom. The minimum absolute atomic E-state index is 0.0257. The Morgan fingerprint density at radius 3 is 2.13 bits per heavy atom. The van der Waals surface area contributed by atoms with Crippen LogP contribution in [0.3, 0.4) is 0 Å². The highest BCUT2D eigenvalue weighted by atomic mass is 79.9. The van der Waals surface area contributed by atoms with Crippen LogP contribution in [-0.4, -0.2) is 30.5 Å². The monoisotopic (exact) mass is 290 g/mol. The van der Waals surface area contributed by atoms with E-state index in [1.807, 2.05) is 0 Å². The van der Waals surface area contributed by atoms with Gasteiger partial charge in [0.05, 0.1) is 13.2 Å². The molecule has 0 aromatic rings. The minimum Gasteiger partial charge on any atom is -0.340 e. The van der Waals surface area contributed by atoms with Gasteiger partial charge < -0.3 is 9.47 Å². The van der Waals surface area contributed by atoms with Crippen molar-refractivity contribution in [2.75, 3.05) is 18.5 Å². The van der Waals surface area contributed by atoms with Gasteiger partial charge in [0.2, 0.25) is 0 Å². The van der Waals surface area contributed by atoms with Gasteiger partial charge >= 0.3 is 6.18 Å². The first-order valence-corrected chi connectivity index (χ1v) is 6.04. The van der Waals surface area contributed by atoms with E-state index in [1.54, 1.807) is 0 Å². The molecular formula is C9H14BrF3O2. The predicted octanol–water partition coefficient (Wildman–Crippen LogP) is 3.25. The van der Waals surface area contributed by atoms with Gasteiger partial charge in [-0.25, -0.2) is 0 Å². The van der Waals surface area contributed by atoms with Crippen molar-refractivity contribution in [1.29, 1.82) is 0 Å². The fourth-order valence-electron chi connectivity index (χ4n) is 1.53. The van der Waals surface area contributed by atoms with Crippen molar-refractivity contribution in [2.45, 2.75) is 37.6 Å². The number of unbranched alkanes of at least 4 members (excludes halogenated alkanes) is 2. The molecule has 15 heavy (non-hydrogen) atoms. The molecule has 0 aliphatic carbocycles. The van der Waals surface area contributed by atoms with Gasteiger partial charge in [0, 0.05) is 11.8 Å². The van der Waals surface area contributed by atoms with E-state index in [0.717, 1.165) is 18.2 Å². The van der Waals surface area contributed by atoms with Crippen molar-refractivity contribution in [2.24, 2.45) is 0 Å². The van der Waals surface area contributed by atoms with Gasteiger partial charge in [0.25, 0.3) is 5.79 Å². The van der Waals surface area contributed by atoms with E-state index in [4.69, 9.17) is 9.47 Å². The lowest BCUT2D eigenvalue weighted by molar-refractivity contribution is -0.346. The zero-order valence-electron chi connectivity index (χ0n) is 8.28. The molecule has 6 heteroatoms. The van der Waals surface area contributed by atoms with Crippen molar-refractivity contribution < 1.29 is 22.6 Å². The normalized spacial score (nSPS) is 20.8. The van der Waals surface area contributed by atoms with E-state index in [0.29, 0.717) is 6.42 Å². The molecule has 0 aromatic heterocycles. The summed E-state index contributed by atoms with van der Waals surface area (Å²) in [6.45, 7) is 0.0515. The molecule has 1 aliphatic heterocycles. The second-order valence-corrected chi connectivity index (χ2v) is 4.24. The minimum atomic E-state index is -4.43. The molecule has 2 nitrogen and oxygen atoms in total. The molecular weight excluding hydrogens is 277 g/mol. The largest absolute Gasteiger partial charge is 0.443 e. The molecule has 0 saturated carbocycles. The third-order valence-electron chi connectivity index (χ3n) is 2.33. The van der Waals surface area contributed by atoms with Crippen molar-refractivity contribution in [3.8, 4) is 0 Å². The number of hydrogen-bond acceptors (Lipinski definition) is 2. The number of rotatable bonds is 5. The quantitative estimate of drug-likeness (QED) is 0.572. The molecule has 0 atom stereocenters. The summed E-state index contributed by atoms with van der Waals surface area (Å²) in [5.74, 6) is -2.33. The second kappa shape index (κ2) is 5.50. The van der Waals surface area contributed by atoms with Crippen LogP contribution in [0.15, 0.2) is 0 Å². The van der Waals surface area contributed by atoms with Crippen LogP contribution in [0.1, 0.15) is 25.7 Å². The zero-order valence-corrected chi connectivity index (χ0v) is 9.86. The highest BCUT2D eigenvalue weighted by molar-refractivity contribution is 9.09. The van der Waals surface area contributed by atoms with Gasteiger partial charge in [-0.15, -0.1) is 0 Å². The maximum atomic E-state index is 12.7. The molecule has 1 heterocycles. The molecule has 0 unspecified atom stereocenters. The first-order valence-electron chi connectivity index (χ1n) is 4.92. The van der Waals surface area contributed by atoms with Crippen molar-refractivity contribution >= 4 is 15.9 Å². The first kappa shape index (κ1) is 13.3. The van der Waals surface area contributed by atoms with Crippen molar-refractivity contribution in [3.05, 3.63) is 0 Å². The summed E-state index contributed by atoms with van der Waals surface area (Å²) >= 11 is 3.23. The predicted molar refractivity (Wildman–Crippen MR) is 53.0 cm³/mol. The van der Waals surface area contributed by atoms with Crippen molar-refractivity contribution in [3.63, 3.8) is 0 Å². The van der Waals surface area contributed by atoms with Gasteiger partial charge in [0.1, 0.15) is 0 Å². The van der Waals surface area contributed by atoms with Crippen LogP contribution in [0.25, 0.3) is 0 Å². The van der Waals surface area contributed by atoms with Crippen molar-refractivity contribution in [1.82, 2.24) is 0 Å². The standard InChI is InChI=1S/C9H14BrF3O2/c10-5-3-1-2-4-8(9(11,12)13)14-6-7-15-8/h1-7H2. The molecule has 1 aliphatic rings. The maximum Gasteiger partial charge on any atom is 0.443 e. The summed E-state index contributed by atoms with van der Waals surface area (Å²) < 4.78 is 47.5. The summed E-state index contributed by atoms with van der Waals surface area (Å²) in [6, 6.07) is 0.